The average Bonchev–Trinajstić information content (AvgIpc) is 3.12. The van der Waals surface area contributed by atoms with Crippen LogP contribution in [-0.4, -0.2) is 37.6 Å². The van der Waals surface area contributed by atoms with Gasteiger partial charge in [0.2, 0.25) is 0 Å². The largest absolute Gasteiger partial charge is 0.491 e. The van der Waals surface area contributed by atoms with Crippen molar-refractivity contribution in [2.75, 3.05) is 13.2 Å². The van der Waals surface area contributed by atoms with E-state index in [0.29, 0.717) is 5.56 Å². The van der Waals surface area contributed by atoms with Gasteiger partial charge in [-0.15, -0.1) is 0 Å². The van der Waals surface area contributed by atoms with E-state index in [1.807, 2.05) is 32.0 Å². The number of ether oxygens (including phenoxy) is 1. The normalized spacial score (nSPS) is 15.0. The Labute approximate surface area is 227 Å². The number of amides is 2. The highest BCUT2D eigenvalue weighted by Gasteiger charge is 2.35. The molecule has 0 saturated carbocycles. The van der Waals surface area contributed by atoms with Crippen molar-refractivity contribution in [3.8, 4) is 11.5 Å². The van der Waals surface area contributed by atoms with Gasteiger partial charge in [-0.1, -0.05) is 61.9 Å². The van der Waals surface area contributed by atoms with Gasteiger partial charge in [0, 0.05) is 5.56 Å². The number of rotatable bonds is 9. The molecule has 0 atom stereocenters. The summed E-state index contributed by atoms with van der Waals surface area (Å²) >= 11 is 0.796. The lowest BCUT2D eigenvalue weighted by atomic mass is 10.0. The summed E-state index contributed by atoms with van der Waals surface area (Å²) in [6.07, 6.45) is 1.48. The summed E-state index contributed by atoms with van der Waals surface area (Å²) in [6.45, 7) is 8.23. The SMILES string of the molecule is Cc1ccc(S(=O)(=O)Oc2ccccc2/C=C2\SC(=O)N(CCOc3cc(C)ccc3C(C)C)C2=O)cc1. The van der Waals surface area contributed by atoms with Crippen molar-refractivity contribution in [3.63, 3.8) is 0 Å². The Morgan fingerprint density at radius 1 is 0.921 bits per heavy atom. The summed E-state index contributed by atoms with van der Waals surface area (Å²) in [5.74, 6) is 0.600. The van der Waals surface area contributed by atoms with Gasteiger partial charge in [0.15, 0.2) is 0 Å². The summed E-state index contributed by atoms with van der Waals surface area (Å²) in [4.78, 5) is 27.0. The summed E-state index contributed by atoms with van der Waals surface area (Å²) in [5.41, 5.74) is 3.40. The fourth-order valence-electron chi connectivity index (χ4n) is 3.87. The minimum absolute atomic E-state index is 0.0208. The molecule has 1 aliphatic rings. The summed E-state index contributed by atoms with van der Waals surface area (Å²) in [7, 11) is -4.09. The highest BCUT2D eigenvalue weighted by atomic mass is 32.2. The summed E-state index contributed by atoms with van der Waals surface area (Å²) in [6, 6.07) is 18.8. The zero-order chi connectivity index (χ0) is 27.4. The van der Waals surface area contributed by atoms with Crippen LogP contribution >= 0.6 is 11.8 Å². The Bertz CT molecular complexity index is 1490. The van der Waals surface area contributed by atoms with Crippen LogP contribution in [0.15, 0.2) is 76.5 Å². The number of nitrogens with zero attached hydrogens (tertiary/aromatic N) is 1. The third kappa shape index (κ3) is 6.28. The van der Waals surface area contributed by atoms with Crippen LogP contribution in [0.4, 0.5) is 4.79 Å². The summed E-state index contributed by atoms with van der Waals surface area (Å²) < 4.78 is 37.0. The number of hydrogen-bond donors (Lipinski definition) is 0. The monoisotopic (exact) mass is 551 g/mol. The predicted octanol–water partition coefficient (Wildman–Crippen LogP) is 6.31. The van der Waals surface area contributed by atoms with Gasteiger partial charge in [0.05, 0.1) is 11.4 Å². The van der Waals surface area contributed by atoms with Crippen LogP contribution < -0.4 is 8.92 Å². The minimum atomic E-state index is -4.09. The van der Waals surface area contributed by atoms with Crippen molar-refractivity contribution < 1.29 is 26.9 Å². The molecule has 0 N–H and O–H groups in total. The maximum Gasteiger partial charge on any atom is 0.339 e. The van der Waals surface area contributed by atoms with Gasteiger partial charge in [-0.25, -0.2) is 0 Å². The second-order valence-corrected chi connectivity index (χ2v) is 11.8. The van der Waals surface area contributed by atoms with Crippen LogP contribution in [0.2, 0.25) is 0 Å². The smallest absolute Gasteiger partial charge is 0.339 e. The molecule has 2 amide bonds. The van der Waals surface area contributed by atoms with E-state index in [0.717, 1.165) is 39.1 Å². The van der Waals surface area contributed by atoms with Gasteiger partial charge >= 0.3 is 10.1 Å². The molecule has 1 heterocycles. The standard InChI is InChI=1S/C29H29NO6S2/c1-19(2)24-14-11-21(4)17-26(24)35-16-15-30-28(31)27(37-29(30)32)18-22-7-5-6-8-25(22)36-38(33,34)23-12-9-20(3)10-13-23/h5-14,17-19H,15-16H2,1-4H3/b27-18-. The zero-order valence-electron chi connectivity index (χ0n) is 21.6. The molecule has 1 fully saturated rings. The fraction of sp³-hybridized carbons (Fsp3) is 0.241. The molecule has 38 heavy (non-hydrogen) atoms. The second-order valence-electron chi connectivity index (χ2n) is 9.27. The molecule has 0 unspecified atom stereocenters. The molecule has 0 bridgehead atoms. The number of hydrogen-bond acceptors (Lipinski definition) is 7. The van der Waals surface area contributed by atoms with Gasteiger partial charge in [-0.05, 0) is 73.0 Å². The molecule has 198 valence electrons. The Kier molecular flexibility index (Phi) is 8.28. The number of imide groups is 1. The molecule has 0 aliphatic carbocycles. The van der Waals surface area contributed by atoms with E-state index in [1.165, 1.54) is 24.3 Å². The highest BCUT2D eigenvalue weighted by Crippen LogP contribution is 2.35. The molecule has 1 aliphatic heterocycles. The van der Waals surface area contributed by atoms with Gasteiger partial charge in [0.25, 0.3) is 11.1 Å². The van der Waals surface area contributed by atoms with Gasteiger partial charge in [-0.2, -0.15) is 8.42 Å². The second kappa shape index (κ2) is 11.4. The highest BCUT2D eigenvalue weighted by molar-refractivity contribution is 8.18. The first-order valence-electron chi connectivity index (χ1n) is 12.1. The lowest BCUT2D eigenvalue weighted by molar-refractivity contribution is -0.123. The third-order valence-electron chi connectivity index (χ3n) is 5.95. The van der Waals surface area contributed by atoms with E-state index < -0.39 is 21.3 Å². The quantitative estimate of drug-likeness (QED) is 0.227. The molecule has 7 nitrogen and oxygen atoms in total. The maximum atomic E-state index is 13.0. The predicted molar refractivity (Wildman–Crippen MR) is 149 cm³/mol. The van der Waals surface area contributed by atoms with Crippen molar-refractivity contribution in [1.82, 2.24) is 4.90 Å². The Morgan fingerprint density at radius 3 is 2.32 bits per heavy atom. The van der Waals surface area contributed by atoms with Gasteiger partial charge in [0.1, 0.15) is 23.0 Å². The van der Waals surface area contributed by atoms with Crippen LogP contribution in [0.1, 0.15) is 42.0 Å². The molecule has 9 heteroatoms. The molecule has 0 aromatic heterocycles. The van der Waals surface area contributed by atoms with E-state index >= 15 is 0 Å². The number of carbonyl (C=O) groups excluding carboxylic acids is 2. The van der Waals surface area contributed by atoms with Crippen LogP contribution in [0.25, 0.3) is 6.08 Å². The Hall–Kier alpha value is -3.56. The van der Waals surface area contributed by atoms with Crippen LogP contribution in [0.3, 0.4) is 0 Å². The van der Waals surface area contributed by atoms with E-state index in [-0.39, 0.29) is 34.6 Å². The first kappa shape index (κ1) is 27.5. The maximum absolute atomic E-state index is 13.0. The number of carbonyl (C=O) groups is 2. The molecule has 0 spiro atoms. The molecular formula is C29H29NO6S2. The van der Waals surface area contributed by atoms with Crippen molar-refractivity contribution in [3.05, 3.63) is 93.9 Å². The topological polar surface area (TPSA) is 90.0 Å². The summed E-state index contributed by atoms with van der Waals surface area (Å²) in [5, 5.41) is -0.413. The molecule has 0 radical (unpaired) electrons. The van der Waals surface area contributed by atoms with E-state index in [4.69, 9.17) is 8.92 Å². The number of para-hydroxylation sites is 1. The Balaban J connectivity index is 1.48. The van der Waals surface area contributed by atoms with Gasteiger partial charge in [-0.3, -0.25) is 14.5 Å². The third-order valence-corrected chi connectivity index (χ3v) is 8.11. The van der Waals surface area contributed by atoms with Crippen LogP contribution in [0.5, 0.6) is 11.5 Å². The van der Waals surface area contributed by atoms with E-state index in [1.54, 1.807) is 30.3 Å². The van der Waals surface area contributed by atoms with Crippen molar-refractivity contribution in [2.24, 2.45) is 0 Å². The van der Waals surface area contributed by atoms with Crippen molar-refractivity contribution in [2.45, 2.75) is 38.5 Å². The zero-order valence-corrected chi connectivity index (χ0v) is 23.3. The minimum Gasteiger partial charge on any atom is -0.491 e. The fourth-order valence-corrected chi connectivity index (χ4v) is 5.68. The first-order chi connectivity index (χ1) is 18.0. The lowest BCUT2D eigenvalue weighted by Crippen LogP contribution is -2.32. The van der Waals surface area contributed by atoms with Crippen molar-refractivity contribution in [1.29, 1.82) is 0 Å². The van der Waals surface area contributed by atoms with E-state index in [2.05, 4.69) is 13.8 Å². The first-order valence-corrected chi connectivity index (χ1v) is 14.4. The molecule has 3 aromatic carbocycles. The number of benzene rings is 3. The number of aryl methyl sites for hydroxylation is 2. The molecule has 4 rings (SSSR count). The molecular weight excluding hydrogens is 522 g/mol. The Morgan fingerprint density at radius 2 is 1.61 bits per heavy atom. The average molecular weight is 552 g/mol. The van der Waals surface area contributed by atoms with E-state index in [9.17, 15) is 18.0 Å². The van der Waals surface area contributed by atoms with Crippen molar-refractivity contribution >= 4 is 39.1 Å². The molecule has 3 aromatic rings. The van der Waals surface area contributed by atoms with Gasteiger partial charge < -0.3 is 8.92 Å². The van der Waals surface area contributed by atoms with Crippen LogP contribution in [0, 0.1) is 13.8 Å². The number of thioether (sulfide) groups is 1. The molecule has 1 saturated heterocycles. The lowest BCUT2D eigenvalue weighted by Gasteiger charge is -2.17. The van der Waals surface area contributed by atoms with Crippen LogP contribution in [-0.2, 0) is 14.9 Å².